The van der Waals surface area contributed by atoms with E-state index in [4.69, 9.17) is 4.52 Å². The maximum Gasteiger partial charge on any atom is 0.259 e. The summed E-state index contributed by atoms with van der Waals surface area (Å²) in [5, 5.41) is 3.97. The SMILES string of the molecule is Cc1cccc(N2CCN(c3ccc(-c4nc(-c5cccc(F)c5)no4)cn3)CC2C)c1. The minimum absolute atomic E-state index is 0.336. The number of piperazine rings is 1. The highest BCUT2D eigenvalue weighted by Crippen LogP contribution is 2.26. The number of aromatic nitrogens is 3. The minimum Gasteiger partial charge on any atom is -0.365 e. The topological polar surface area (TPSA) is 58.3 Å². The van der Waals surface area contributed by atoms with Crippen molar-refractivity contribution >= 4 is 11.5 Å². The van der Waals surface area contributed by atoms with Gasteiger partial charge in [0.1, 0.15) is 11.6 Å². The molecule has 1 unspecified atom stereocenters. The summed E-state index contributed by atoms with van der Waals surface area (Å²) in [7, 11) is 0. The van der Waals surface area contributed by atoms with E-state index >= 15 is 0 Å². The molecule has 0 spiro atoms. The third kappa shape index (κ3) is 4.06. The fraction of sp³-hybridized carbons (Fsp3) is 0.240. The molecule has 5 rings (SSSR count). The predicted octanol–water partition coefficient (Wildman–Crippen LogP) is 4.96. The van der Waals surface area contributed by atoms with Gasteiger partial charge in [0.25, 0.3) is 5.89 Å². The molecule has 4 aromatic rings. The van der Waals surface area contributed by atoms with Crippen molar-refractivity contribution in [3.05, 3.63) is 78.2 Å². The number of nitrogens with zero attached hydrogens (tertiary/aromatic N) is 5. The van der Waals surface area contributed by atoms with Crippen LogP contribution in [0, 0.1) is 12.7 Å². The standard InChI is InChI=1S/C25H24FN5O/c1-17-5-3-8-22(13-17)31-12-11-30(16-18(31)2)23-10-9-20(15-27-23)25-28-24(29-32-25)19-6-4-7-21(26)14-19/h3-10,13-15,18H,11-12,16H2,1-2H3. The number of hydrogen-bond acceptors (Lipinski definition) is 6. The maximum atomic E-state index is 13.5. The molecule has 0 saturated carbocycles. The van der Waals surface area contributed by atoms with Gasteiger partial charge in [-0.05, 0) is 55.8 Å². The van der Waals surface area contributed by atoms with Crippen LogP contribution >= 0.6 is 0 Å². The lowest BCUT2D eigenvalue weighted by atomic mass is 10.1. The molecule has 1 fully saturated rings. The number of halogens is 1. The largest absolute Gasteiger partial charge is 0.365 e. The molecular formula is C25H24FN5O. The summed E-state index contributed by atoms with van der Waals surface area (Å²) in [5.74, 6) is 1.30. The summed E-state index contributed by atoms with van der Waals surface area (Å²) in [5.41, 5.74) is 3.85. The lowest BCUT2D eigenvalue weighted by molar-refractivity contribution is 0.432. The van der Waals surface area contributed by atoms with Gasteiger partial charge in [0.05, 0.1) is 5.56 Å². The van der Waals surface area contributed by atoms with E-state index in [2.05, 4.69) is 63.0 Å². The summed E-state index contributed by atoms with van der Waals surface area (Å²) in [6.45, 7) is 7.10. The summed E-state index contributed by atoms with van der Waals surface area (Å²) in [6, 6.07) is 19.1. The van der Waals surface area contributed by atoms with E-state index in [1.807, 2.05) is 12.1 Å². The molecule has 1 saturated heterocycles. The quantitative estimate of drug-likeness (QED) is 0.457. The van der Waals surface area contributed by atoms with Crippen molar-refractivity contribution in [2.75, 3.05) is 29.4 Å². The van der Waals surface area contributed by atoms with Crippen molar-refractivity contribution in [2.24, 2.45) is 0 Å². The van der Waals surface area contributed by atoms with Crippen LogP contribution in [-0.2, 0) is 0 Å². The molecule has 2 aromatic heterocycles. The van der Waals surface area contributed by atoms with Gasteiger partial charge in [-0.2, -0.15) is 4.98 Å². The molecule has 0 aliphatic carbocycles. The average Bonchev–Trinajstić information content (AvgIpc) is 3.30. The second-order valence-electron chi connectivity index (χ2n) is 8.17. The molecule has 3 heterocycles. The van der Waals surface area contributed by atoms with E-state index in [9.17, 15) is 4.39 Å². The van der Waals surface area contributed by atoms with E-state index in [0.717, 1.165) is 31.0 Å². The van der Waals surface area contributed by atoms with E-state index < -0.39 is 0 Å². The number of pyridine rings is 1. The van der Waals surface area contributed by atoms with Crippen molar-refractivity contribution < 1.29 is 8.91 Å². The summed E-state index contributed by atoms with van der Waals surface area (Å²) in [6.07, 6.45) is 1.75. The van der Waals surface area contributed by atoms with Crippen LogP contribution in [0.2, 0.25) is 0 Å². The molecule has 0 amide bonds. The van der Waals surface area contributed by atoms with Gasteiger partial charge in [-0.25, -0.2) is 9.37 Å². The first-order valence-electron chi connectivity index (χ1n) is 10.7. The maximum absolute atomic E-state index is 13.5. The van der Waals surface area contributed by atoms with Crippen LogP contribution < -0.4 is 9.80 Å². The second-order valence-corrected chi connectivity index (χ2v) is 8.17. The third-order valence-corrected chi connectivity index (χ3v) is 5.79. The average molecular weight is 429 g/mol. The summed E-state index contributed by atoms with van der Waals surface area (Å²) in [4.78, 5) is 13.8. The van der Waals surface area contributed by atoms with Crippen LogP contribution in [0.15, 0.2) is 71.4 Å². The third-order valence-electron chi connectivity index (χ3n) is 5.79. The zero-order chi connectivity index (χ0) is 22.1. The number of hydrogen-bond donors (Lipinski definition) is 0. The van der Waals surface area contributed by atoms with Gasteiger partial charge >= 0.3 is 0 Å². The van der Waals surface area contributed by atoms with Crippen LogP contribution in [0.5, 0.6) is 0 Å². The molecule has 2 aromatic carbocycles. The Morgan fingerprint density at radius 2 is 1.88 bits per heavy atom. The van der Waals surface area contributed by atoms with Crippen molar-refractivity contribution in [2.45, 2.75) is 19.9 Å². The van der Waals surface area contributed by atoms with Crippen LogP contribution in [0.1, 0.15) is 12.5 Å². The van der Waals surface area contributed by atoms with Crippen molar-refractivity contribution in [1.29, 1.82) is 0 Å². The first-order chi connectivity index (χ1) is 15.6. The smallest absolute Gasteiger partial charge is 0.259 e. The van der Waals surface area contributed by atoms with Crippen LogP contribution in [-0.4, -0.2) is 40.8 Å². The van der Waals surface area contributed by atoms with Crippen molar-refractivity contribution in [3.8, 4) is 22.8 Å². The zero-order valence-electron chi connectivity index (χ0n) is 18.1. The Morgan fingerprint density at radius 1 is 1.00 bits per heavy atom. The summed E-state index contributed by atoms with van der Waals surface area (Å²) >= 11 is 0. The predicted molar refractivity (Wildman–Crippen MR) is 123 cm³/mol. The van der Waals surface area contributed by atoms with Gasteiger partial charge in [0.2, 0.25) is 5.82 Å². The summed E-state index contributed by atoms with van der Waals surface area (Å²) < 4.78 is 18.8. The molecule has 0 bridgehead atoms. The van der Waals surface area contributed by atoms with Crippen molar-refractivity contribution in [1.82, 2.24) is 15.1 Å². The Labute approximate surface area is 186 Å². The lowest BCUT2D eigenvalue weighted by Crippen LogP contribution is -2.52. The monoisotopic (exact) mass is 429 g/mol. The Balaban J connectivity index is 1.28. The zero-order valence-corrected chi connectivity index (χ0v) is 18.1. The molecular weight excluding hydrogens is 405 g/mol. The Bertz CT molecular complexity index is 1220. The minimum atomic E-state index is -0.336. The van der Waals surface area contributed by atoms with Gasteiger partial charge in [-0.15, -0.1) is 0 Å². The molecule has 6 nitrogen and oxygen atoms in total. The van der Waals surface area contributed by atoms with Crippen molar-refractivity contribution in [3.63, 3.8) is 0 Å². The van der Waals surface area contributed by atoms with E-state index in [0.29, 0.717) is 23.3 Å². The van der Waals surface area contributed by atoms with Crippen LogP contribution in [0.4, 0.5) is 15.9 Å². The molecule has 1 aliphatic rings. The highest BCUT2D eigenvalue weighted by molar-refractivity contribution is 5.60. The highest BCUT2D eigenvalue weighted by Gasteiger charge is 2.25. The number of rotatable bonds is 4. The molecule has 0 radical (unpaired) electrons. The number of benzene rings is 2. The first-order valence-corrected chi connectivity index (χ1v) is 10.7. The fourth-order valence-electron chi connectivity index (χ4n) is 4.14. The number of anilines is 2. The number of aryl methyl sites for hydroxylation is 1. The van der Waals surface area contributed by atoms with Crippen LogP contribution in [0.25, 0.3) is 22.8 Å². The highest BCUT2D eigenvalue weighted by atomic mass is 19.1. The Kier molecular flexibility index (Phi) is 5.31. The second kappa shape index (κ2) is 8.42. The van der Waals surface area contributed by atoms with Gasteiger partial charge in [0, 0.05) is 43.1 Å². The van der Waals surface area contributed by atoms with E-state index in [1.54, 1.807) is 18.3 Å². The van der Waals surface area contributed by atoms with E-state index in [-0.39, 0.29) is 5.82 Å². The normalized spacial score (nSPS) is 16.4. The molecule has 32 heavy (non-hydrogen) atoms. The first kappa shape index (κ1) is 20.2. The van der Waals surface area contributed by atoms with E-state index in [1.165, 1.54) is 23.4 Å². The Morgan fingerprint density at radius 3 is 2.62 bits per heavy atom. The Hall–Kier alpha value is -3.74. The van der Waals surface area contributed by atoms with Gasteiger partial charge in [0.15, 0.2) is 0 Å². The van der Waals surface area contributed by atoms with Crippen LogP contribution in [0.3, 0.4) is 0 Å². The van der Waals surface area contributed by atoms with Gasteiger partial charge in [-0.3, -0.25) is 0 Å². The van der Waals surface area contributed by atoms with Gasteiger partial charge < -0.3 is 14.3 Å². The van der Waals surface area contributed by atoms with Gasteiger partial charge in [-0.1, -0.05) is 29.4 Å². The molecule has 7 heteroatoms. The molecule has 1 aliphatic heterocycles. The molecule has 162 valence electrons. The lowest BCUT2D eigenvalue weighted by Gasteiger charge is -2.42. The molecule has 0 N–H and O–H groups in total. The molecule has 1 atom stereocenters. The fourth-order valence-corrected chi connectivity index (χ4v) is 4.14.